The average molecular weight is 398 g/mol. The quantitative estimate of drug-likeness (QED) is 0.522. The normalized spacial score (nSPS) is 15.6. The van der Waals surface area contributed by atoms with Crippen molar-refractivity contribution in [1.29, 1.82) is 0 Å². The summed E-state index contributed by atoms with van der Waals surface area (Å²) in [4.78, 5) is 15.4. The van der Waals surface area contributed by atoms with Gasteiger partial charge in [0.1, 0.15) is 5.69 Å². The Kier molecular flexibility index (Phi) is 4.60. The highest BCUT2D eigenvalue weighted by Crippen LogP contribution is 2.33. The summed E-state index contributed by atoms with van der Waals surface area (Å²) in [5, 5.41) is 15.2. The van der Waals surface area contributed by atoms with E-state index in [1.54, 1.807) is 48.7 Å². The highest BCUT2D eigenvalue weighted by atomic mass is 32.2. The van der Waals surface area contributed by atoms with E-state index < -0.39 is 14.9 Å². The fourth-order valence-electron chi connectivity index (χ4n) is 3.42. The fourth-order valence-corrected chi connectivity index (χ4v) is 4.98. The molecule has 0 aliphatic carbocycles. The first-order chi connectivity index (χ1) is 13.5. The SMILES string of the molecule is O=[N+]([O-])c1c(NCc2cccc(N3CCCS3(=O)=O)c2)ccc2ncccc12. The molecule has 0 unspecified atom stereocenters. The van der Waals surface area contributed by atoms with Gasteiger partial charge < -0.3 is 5.32 Å². The molecular weight excluding hydrogens is 380 g/mol. The first kappa shape index (κ1) is 18.2. The van der Waals surface area contributed by atoms with Gasteiger partial charge in [-0.2, -0.15) is 0 Å². The fraction of sp³-hybridized carbons (Fsp3) is 0.211. The molecule has 0 saturated carbocycles. The van der Waals surface area contributed by atoms with Crippen LogP contribution in [0.2, 0.25) is 0 Å². The first-order valence-electron chi connectivity index (χ1n) is 8.81. The van der Waals surface area contributed by atoms with Crippen molar-refractivity contribution in [3.05, 3.63) is 70.4 Å². The summed E-state index contributed by atoms with van der Waals surface area (Å²) in [6.07, 6.45) is 2.21. The number of fused-ring (bicyclic) bond motifs is 1. The van der Waals surface area contributed by atoms with Crippen LogP contribution >= 0.6 is 0 Å². The molecular formula is C19H18N4O4S. The molecule has 1 aliphatic rings. The van der Waals surface area contributed by atoms with E-state index in [4.69, 9.17) is 0 Å². The van der Waals surface area contributed by atoms with Gasteiger partial charge in [-0.3, -0.25) is 19.4 Å². The Labute approximate surface area is 162 Å². The molecule has 0 bridgehead atoms. The number of anilines is 2. The molecule has 0 spiro atoms. The van der Waals surface area contributed by atoms with Crippen molar-refractivity contribution in [2.45, 2.75) is 13.0 Å². The minimum atomic E-state index is -3.25. The number of aromatic nitrogens is 1. The monoisotopic (exact) mass is 398 g/mol. The maximum absolute atomic E-state index is 12.1. The molecule has 3 aromatic rings. The summed E-state index contributed by atoms with van der Waals surface area (Å²) in [5.74, 6) is 0.160. The summed E-state index contributed by atoms with van der Waals surface area (Å²) in [5.41, 5.74) is 2.38. The van der Waals surface area contributed by atoms with Gasteiger partial charge in [0.05, 0.1) is 27.3 Å². The zero-order valence-electron chi connectivity index (χ0n) is 14.9. The summed E-state index contributed by atoms with van der Waals surface area (Å²) >= 11 is 0. The number of benzene rings is 2. The van der Waals surface area contributed by atoms with Crippen molar-refractivity contribution in [2.75, 3.05) is 21.9 Å². The Bertz CT molecular complexity index is 1160. The predicted octanol–water partition coefficient (Wildman–Crippen LogP) is 3.30. The second-order valence-electron chi connectivity index (χ2n) is 6.55. The molecule has 0 radical (unpaired) electrons. The molecule has 1 fully saturated rings. The highest BCUT2D eigenvalue weighted by molar-refractivity contribution is 7.93. The van der Waals surface area contributed by atoms with E-state index in [0.29, 0.717) is 41.8 Å². The van der Waals surface area contributed by atoms with Gasteiger partial charge in [0.25, 0.3) is 0 Å². The molecule has 2 aromatic carbocycles. The average Bonchev–Trinajstić information content (AvgIpc) is 3.05. The molecule has 0 amide bonds. The van der Waals surface area contributed by atoms with Crippen LogP contribution in [0.5, 0.6) is 0 Å². The van der Waals surface area contributed by atoms with Gasteiger partial charge >= 0.3 is 5.69 Å². The van der Waals surface area contributed by atoms with E-state index in [-0.39, 0.29) is 11.4 Å². The lowest BCUT2D eigenvalue weighted by molar-refractivity contribution is -0.382. The Morgan fingerprint density at radius 3 is 2.79 bits per heavy atom. The van der Waals surface area contributed by atoms with E-state index in [2.05, 4.69) is 10.3 Å². The standard InChI is InChI=1S/C19H18N4O4S/c24-23(25)19-16-6-2-9-20-17(16)7-8-18(19)21-13-14-4-1-5-15(12-14)22-10-3-11-28(22,26)27/h1-2,4-9,12,21H,3,10-11,13H2. The summed E-state index contributed by atoms with van der Waals surface area (Å²) in [6.45, 7) is 0.802. The molecule has 1 saturated heterocycles. The van der Waals surface area contributed by atoms with Gasteiger partial charge in [0, 0.05) is 19.3 Å². The van der Waals surface area contributed by atoms with Crippen LogP contribution in [0.3, 0.4) is 0 Å². The maximum Gasteiger partial charge on any atom is 0.301 e. The second kappa shape index (κ2) is 7.08. The summed E-state index contributed by atoms with van der Waals surface area (Å²) < 4.78 is 25.7. The smallest absolute Gasteiger partial charge is 0.301 e. The van der Waals surface area contributed by atoms with Gasteiger partial charge in [0.15, 0.2) is 0 Å². The van der Waals surface area contributed by atoms with Crippen LogP contribution in [0.25, 0.3) is 10.9 Å². The third kappa shape index (κ3) is 3.36. The number of hydrogen-bond donors (Lipinski definition) is 1. The van der Waals surface area contributed by atoms with Crippen molar-refractivity contribution in [3.8, 4) is 0 Å². The van der Waals surface area contributed by atoms with Gasteiger partial charge in [-0.25, -0.2) is 8.42 Å². The topological polar surface area (TPSA) is 105 Å². The molecule has 144 valence electrons. The van der Waals surface area contributed by atoms with Crippen LogP contribution in [-0.4, -0.2) is 30.6 Å². The van der Waals surface area contributed by atoms with E-state index in [1.165, 1.54) is 4.31 Å². The zero-order valence-corrected chi connectivity index (χ0v) is 15.7. The molecule has 9 heteroatoms. The van der Waals surface area contributed by atoms with Crippen LogP contribution in [0.4, 0.5) is 17.1 Å². The van der Waals surface area contributed by atoms with Crippen LogP contribution < -0.4 is 9.62 Å². The van der Waals surface area contributed by atoms with E-state index in [1.807, 2.05) is 6.07 Å². The Balaban J connectivity index is 1.61. The number of rotatable bonds is 5. The van der Waals surface area contributed by atoms with Crippen molar-refractivity contribution in [2.24, 2.45) is 0 Å². The summed E-state index contributed by atoms with van der Waals surface area (Å²) in [7, 11) is -3.25. The number of hydrogen-bond acceptors (Lipinski definition) is 6. The number of nitrogens with one attached hydrogen (secondary N) is 1. The van der Waals surface area contributed by atoms with Crippen LogP contribution in [0.15, 0.2) is 54.7 Å². The Hall–Kier alpha value is -3.20. The number of nitro benzene ring substituents is 1. The molecule has 1 aromatic heterocycles. The van der Waals surface area contributed by atoms with Crippen molar-refractivity contribution in [3.63, 3.8) is 0 Å². The lowest BCUT2D eigenvalue weighted by Gasteiger charge is -2.18. The van der Waals surface area contributed by atoms with E-state index >= 15 is 0 Å². The van der Waals surface area contributed by atoms with Crippen LogP contribution in [0.1, 0.15) is 12.0 Å². The number of sulfonamides is 1. The van der Waals surface area contributed by atoms with Crippen LogP contribution in [0, 0.1) is 10.1 Å². The Morgan fingerprint density at radius 1 is 1.18 bits per heavy atom. The minimum absolute atomic E-state index is 0.0242. The van der Waals surface area contributed by atoms with Crippen molar-refractivity contribution >= 4 is 38.0 Å². The van der Waals surface area contributed by atoms with E-state index in [9.17, 15) is 18.5 Å². The predicted molar refractivity (Wildman–Crippen MR) is 108 cm³/mol. The maximum atomic E-state index is 12.1. The lowest BCUT2D eigenvalue weighted by Crippen LogP contribution is -2.25. The number of nitro groups is 1. The lowest BCUT2D eigenvalue weighted by atomic mass is 10.1. The van der Waals surface area contributed by atoms with Gasteiger partial charge in [-0.15, -0.1) is 0 Å². The molecule has 1 N–H and O–H groups in total. The van der Waals surface area contributed by atoms with E-state index in [0.717, 1.165) is 5.56 Å². The molecule has 2 heterocycles. The Morgan fingerprint density at radius 2 is 2.04 bits per heavy atom. The number of pyridine rings is 1. The van der Waals surface area contributed by atoms with Crippen LogP contribution in [-0.2, 0) is 16.6 Å². The van der Waals surface area contributed by atoms with Crippen molar-refractivity contribution in [1.82, 2.24) is 4.98 Å². The highest BCUT2D eigenvalue weighted by Gasteiger charge is 2.28. The largest absolute Gasteiger partial charge is 0.375 e. The molecule has 1 aliphatic heterocycles. The molecule has 28 heavy (non-hydrogen) atoms. The second-order valence-corrected chi connectivity index (χ2v) is 8.57. The molecule has 8 nitrogen and oxygen atoms in total. The van der Waals surface area contributed by atoms with Gasteiger partial charge in [0.2, 0.25) is 10.0 Å². The molecule has 4 rings (SSSR count). The first-order valence-corrected chi connectivity index (χ1v) is 10.4. The third-order valence-corrected chi connectivity index (χ3v) is 6.59. The molecule has 0 atom stereocenters. The summed E-state index contributed by atoms with van der Waals surface area (Å²) in [6, 6.07) is 13.9. The zero-order chi connectivity index (χ0) is 19.7. The number of nitrogens with zero attached hydrogens (tertiary/aromatic N) is 3. The van der Waals surface area contributed by atoms with Gasteiger partial charge in [-0.1, -0.05) is 12.1 Å². The minimum Gasteiger partial charge on any atom is -0.375 e. The van der Waals surface area contributed by atoms with Crippen molar-refractivity contribution < 1.29 is 13.3 Å². The third-order valence-electron chi connectivity index (χ3n) is 4.72. The van der Waals surface area contributed by atoms with Gasteiger partial charge in [-0.05, 0) is 48.4 Å².